The molecule has 2 aromatic carbocycles. The lowest BCUT2D eigenvalue weighted by atomic mass is 9.75. The summed E-state index contributed by atoms with van der Waals surface area (Å²) in [5, 5.41) is 18.8. The van der Waals surface area contributed by atoms with Gasteiger partial charge in [-0.15, -0.1) is 0 Å². The smallest absolute Gasteiger partial charge is 0.343 e. The molecule has 2 aromatic rings. The Bertz CT molecular complexity index is 1030. The molecule has 1 heterocycles. The summed E-state index contributed by atoms with van der Waals surface area (Å²) in [5.74, 6) is -2.46. The Kier molecular flexibility index (Phi) is 7.31. The zero-order valence-corrected chi connectivity index (χ0v) is 17.8. The van der Waals surface area contributed by atoms with Crippen LogP contribution in [0.15, 0.2) is 42.5 Å². The van der Waals surface area contributed by atoms with Crippen molar-refractivity contribution in [2.75, 3.05) is 19.7 Å². The Morgan fingerprint density at radius 2 is 1.88 bits per heavy atom. The third kappa shape index (κ3) is 5.54. The first kappa shape index (κ1) is 23.5. The van der Waals surface area contributed by atoms with E-state index in [1.165, 1.54) is 24.3 Å². The van der Waals surface area contributed by atoms with Gasteiger partial charge >= 0.3 is 5.97 Å². The van der Waals surface area contributed by atoms with Crippen LogP contribution >= 0.6 is 11.6 Å². The number of likely N-dealkylation sites (tertiary alicyclic amines) is 1. The van der Waals surface area contributed by atoms with E-state index in [1.807, 2.05) is 0 Å². The molecule has 32 heavy (non-hydrogen) atoms. The van der Waals surface area contributed by atoms with Crippen molar-refractivity contribution in [1.29, 1.82) is 5.26 Å². The lowest BCUT2D eigenvalue weighted by Gasteiger charge is -2.37. The highest BCUT2D eigenvalue weighted by atomic mass is 35.5. The Morgan fingerprint density at radius 1 is 1.22 bits per heavy atom. The van der Waals surface area contributed by atoms with Crippen LogP contribution in [0.1, 0.15) is 30.1 Å². The average molecular weight is 463 g/mol. The van der Waals surface area contributed by atoms with Gasteiger partial charge in [0.25, 0.3) is 5.91 Å². The number of nitrogens with zero attached hydrogens (tertiary/aromatic N) is 2. The average Bonchev–Trinajstić information content (AvgIpc) is 2.79. The molecule has 0 bridgehead atoms. The number of hydrogen-bond donors (Lipinski definition) is 1. The SMILES string of the molecule is N#CC1(Cc2ccc(F)cc2)CCN(C(=O)COc2ccc(Cl)cc2C(F)C(=O)O)CC1. The number of carbonyl (C=O) groups excluding carboxylic acids is 1. The summed E-state index contributed by atoms with van der Waals surface area (Å²) in [6, 6.07) is 12.3. The number of nitriles is 1. The predicted octanol–water partition coefficient (Wildman–Crippen LogP) is 4.33. The molecular weight excluding hydrogens is 442 g/mol. The van der Waals surface area contributed by atoms with E-state index < -0.39 is 24.2 Å². The third-order valence-electron chi connectivity index (χ3n) is 5.58. The van der Waals surface area contributed by atoms with Crippen molar-refractivity contribution < 1.29 is 28.2 Å². The van der Waals surface area contributed by atoms with Gasteiger partial charge in [0.05, 0.1) is 11.5 Å². The van der Waals surface area contributed by atoms with Gasteiger partial charge in [0, 0.05) is 23.7 Å². The molecule has 1 aliphatic rings. The topological polar surface area (TPSA) is 90.6 Å². The fourth-order valence-corrected chi connectivity index (χ4v) is 3.90. The maximum atomic E-state index is 14.0. The Labute approximate surface area is 189 Å². The number of benzene rings is 2. The van der Waals surface area contributed by atoms with Crippen molar-refractivity contribution in [2.24, 2.45) is 5.41 Å². The van der Waals surface area contributed by atoms with Crippen LogP contribution in [0.3, 0.4) is 0 Å². The molecule has 1 fully saturated rings. The van der Waals surface area contributed by atoms with Gasteiger partial charge in [0.2, 0.25) is 6.17 Å². The molecule has 168 valence electrons. The maximum Gasteiger partial charge on any atom is 0.343 e. The van der Waals surface area contributed by atoms with Crippen molar-refractivity contribution in [1.82, 2.24) is 4.90 Å². The van der Waals surface area contributed by atoms with Gasteiger partial charge in [-0.1, -0.05) is 23.7 Å². The summed E-state index contributed by atoms with van der Waals surface area (Å²) in [7, 11) is 0. The second-order valence-electron chi connectivity index (χ2n) is 7.75. The van der Waals surface area contributed by atoms with Crippen LogP contribution in [-0.2, 0) is 16.0 Å². The molecule has 6 nitrogen and oxygen atoms in total. The number of rotatable bonds is 7. The summed E-state index contributed by atoms with van der Waals surface area (Å²) in [6.07, 6.45) is -0.977. The number of carbonyl (C=O) groups is 2. The second kappa shape index (κ2) is 9.96. The van der Waals surface area contributed by atoms with Gasteiger partial charge in [0.1, 0.15) is 11.6 Å². The summed E-state index contributed by atoms with van der Waals surface area (Å²) < 4.78 is 32.6. The van der Waals surface area contributed by atoms with E-state index in [0.29, 0.717) is 32.4 Å². The number of aliphatic carboxylic acids is 1. The van der Waals surface area contributed by atoms with Crippen molar-refractivity contribution >= 4 is 23.5 Å². The molecule has 9 heteroatoms. The minimum absolute atomic E-state index is 0.0719. The quantitative estimate of drug-likeness (QED) is 0.661. The zero-order chi connectivity index (χ0) is 23.3. The number of amides is 1. The predicted molar refractivity (Wildman–Crippen MR) is 112 cm³/mol. The maximum absolute atomic E-state index is 14.0. The van der Waals surface area contributed by atoms with E-state index in [2.05, 4.69) is 6.07 Å². The van der Waals surface area contributed by atoms with Gasteiger partial charge in [-0.2, -0.15) is 5.26 Å². The first-order valence-electron chi connectivity index (χ1n) is 9.96. The van der Waals surface area contributed by atoms with E-state index in [-0.39, 0.29) is 28.1 Å². The lowest BCUT2D eigenvalue weighted by molar-refractivity contribution is -0.143. The number of carboxylic acids is 1. The van der Waals surface area contributed by atoms with E-state index in [1.54, 1.807) is 17.0 Å². The Hall–Kier alpha value is -3.18. The summed E-state index contributed by atoms with van der Waals surface area (Å²) >= 11 is 5.82. The third-order valence-corrected chi connectivity index (χ3v) is 5.81. The summed E-state index contributed by atoms with van der Waals surface area (Å²) in [5.41, 5.74) is -0.0633. The molecule has 1 aliphatic heterocycles. The van der Waals surface area contributed by atoms with E-state index in [4.69, 9.17) is 21.4 Å². The number of piperidine rings is 1. The van der Waals surface area contributed by atoms with Crippen molar-refractivity contribution in [3.8, 4) is 11.8 Å². The van der Waals surface area contributed by atoms with E-state index in [9.17, 15) is 23.6 Å². The van der Waals surface area contributed by atoms with E-state index in [0.717, 1.165) is 11.6 Å². The molecule has 0 aromatic heterocycles. The van der Waals surface area contributed by atoms with Gasteiger partial charge in [-0.05, 0) is 55.2 Å². The van der Waals surface area contributed by atoms with Crippen LogP contribution in [0.25, 0.3) is 0 Å². The molecule has 0 saturated carbocycles. The molecule has 1 atom stereocenters. The van der Waals surface area contributed by atoms with Crippen LogP contribution in [0, 0.1) is 22.6 Å². The van der Waals surface area contributed by atoms with Gasteiger partial charge in [-0.3, -0.25) is 4.79 Å². The molecule has 0 radical (unpaired) electrons. The monoisotopic (exact) mass is 462 g/mol. The number of carboxylic acid groups (broad SMARTS) is 1. The second-order valence-corrected chi connectivity index (χ2v) is 8.18. The first-order chi connectivity index (χ1) is 15.2. The van der Waals surface area contributed by atoms with Crippen LogP contribution < -0.4 is 4.74 Å². The first-order valence-corrected chi connectivity index (χ1v) is 10.3. The van der Waals surface area contributed by atoms with Crippen molar-refractivity contribution in [3.63, 3.8) is 0 Å². The number of ether oxygens (including phenoxy) is 1. The summed E-state index contributed by atoms with van der Waals surface area (Å²) in [4.78, 5) is 25.1. The van der Waals surface area contributed by atoms with Crippen LogP contribution in [0.5, 0.6) is 5.75 Å². The molecule has 1 unspecified atom stereocenters. The van der Waals surface area contributed by atoms with Gasteiger partial charge < -0.3 is 14.7 Å². The van der Waals surface area contributed by atoms with Gasteiger partial charge in [-0.25, -0.2) is 13.6 Å². The minimum Gasteiger partial charge on any atom is -0.483 e. The Balaban J connectivity index is 1.60. The lowest BCUT2D eigenvalue weighted by Crippen LogP contribution is -2.45. The highest BCUT2D eigenvalue weighted by molar-refractivity contribution is 6.30. The van der Waals surface area contributed by atoms with E-state index >= 15 is 0 Å². The molecular formula is C23H21ClF2N2O4. The zero-order valence-electron chi connectivity index (χ0n) is 17.1. The van der Waals surface area contributed by atoms with Gasteiger partial charge in [0.15, 0.2) is 6.61 Å². The van der Waals surface area contributed by atoms with Crippen molar-refractivity contribution in [3.05, 3.63) is 64.4 Å². The molecule has 1 N–H and O–H groups in total. The normalized spacial score (nSPS) is 16.1. The molecule has 1 saturated heterocycles. The fraction of sp³-hybridized carbons (Fsp3) is 0.348. The molecule has 1 amide bonds. The summed E-state index contributed by atoms with van der Waals surface area (Å²) in [6.45, 7) is 0.273. The van der Waals surface area contributed by atoms with Crippen LogP contribution in [0.2, 0.25) is 5.02 Å². The number of hydrogen-bond acceptors (Lipinski definition) is 4. The van der Waals surface area contributed by atoms with Crippen LogP contribution in [-0.4, -0.2) is 41.6 Å². The largest absolute Gasteiger partial charge is 0.483 e. The molecule has 0 aliphatic carbocycles. The molecule has 3 rings (SSSR count). The standard InChI is InChI=1S/C23H21ClF2N2O4/c24-16-3-6-19(18(11-16)21(26)22(30)31)32-13-20(29)28-9-7-23(14-27,8-10-28)12-15-1-4-17(25)5-2-15/h1-6,11,21H,7-10,12-13H2,(H,30,31). The minimum atomic E-state index is -2.34. The Morgan fingerprint density at radius 3 is 2.47 bits per heavy atom. The fourth-order valence-electron chi connectivity index (χ4n) is 3.72. The number of alkyl halides is 1. The van der Waals surface area contributed by atoms with Crippen molar-refractivity contribution in [2.45, 2.75) is 25.4 Å². The highest BCUT2D eigenvalue weighted by Gasteiger charge is 2.36. The number of halogens is 3. The highest BCUT2D eigenvalue weighted by Crippen LogP contribution is 2.35. The molecule has 0 spiro atoms. The van der Waals surface area contributed by atoms with Crippen LogP contribution in [0.4, 0.5) is 8.78 Å².